The largest absolute Gasteiger partial charge is 0.481 e. The van der Waals surface area contributed by atoms with Crippen molar-refractivity contribution in [2.75, 3.05) is 6.54 Å². The van der Waals surface area contributed by atoms with Crippen LogP contribution in [0.3, 0.4) is 0 Å². The van der Waals surface area contributed by atoms with E-state index in [0.717, 1.165) is 25.4 Å². The Kier molecular flexibility index (Phi) is 3.31. The molecule has 19 heavy (non-hydrogen) atoms. The molecule has 2 fully saturated rings. The van der Waals surface area contributed by atoms with Crippen LogP contribution < -0.4 is 0 Å². The summed E-state index contributed by atoms with van der Waals surface area (Å²) in [5.74, 6) is -0.0945. The van der Waals surface area contributed by atoms with Crippen LogP contribution in [0.15, 0.2) is 24.3 Å². The van der Waals surface area contributed by atoms with E-state index in [9.17, 15) is 9.90 Å². The van der Waals surface area contributed by atoms with Crippen LogP contribution in [0.1, 0.15) is 43.2 Å². The van der Waals surface area contributed by atoms with E-state index in [4.69, 9.17) is 0 Å². The number of benzene rings is 1. The maximum Gasteiger partial charge on any atom is 0.308 e. The van der Waals surface area contributed by atoms with Gasteiger partial charge in [-0.3, -0.25) is 9.69 Å². The second-order valence-electron chi connectivity index (χ2n) is 5.92. The normalized spacial score (nSPS) is 27.6. The number of carboxylic acids is 1. The molecule has 0 aromatic heterocycles. The van der Waals surface area contributed by atoms with Gasteiger partial charge in [0.05, 0.1) is 5.92 Å². The zero-order valence-electron chi connectivity index (χ0n) is 11.4. The van der Waals surface area contributed by atoms with Crippen molar-refractivity contribution in [3.8, 4) is 0 Å². The lowest BCUT2D eigenvalue weighted by Crippen LogP contribution is -2.32. The van der Waals surface area contributed by atoms with E-state index in [2.05, 4.69) is 29.2 Å². The molecule has 1 heterocycles. The van der Waals surface area contributed by atoms with Gasteiger partial charge in [0.25, 0.3) is 0 Å². The number of hydrogen-bond donors (Lipinski definition) is 1. The molecule has 0 spiro atoms. The molecule has 1 aromatic carbocycles. The molecule has 1 N–H and O–H groups in total. The molecule has 102 valence electrons. The molecular formula is C16H21NO2. The van der Waals surface area contributed by atoms with Crippen LogP contribution in [-0.2, 0) is 11.3 Å². The second-order valence-corrected chi connectivity index (χ2v) is 5.92. The fourth-order valence-corrected chi connectivity index (χ4v) is 3.25. The van der Waals surface area contributed by atoms with Crippen molar-refractivity contribution in [2.24, 2.45) is 5.92 Å². The highest BCUT2D eigenvalue weighted by Crippen LogP contribution is 2.42. The molecule has 1 saturated carbocycles. The Bertz CT molecular complexity index is 481. The Hall–Kier alpha value is -1.35. The lowest BCUT2D eigenvalue weighted by atomic mass is 10.0. The smallest absolute Gasteiger partial charge is 0.308 e. The van der Waals surface area contributed by atoms with Crippen LogP contribution in [0.4, 0.5) is 0 Å². The molecule has 1 aliphatic carbocycles. The number of carboxylic acid groups (broad SMARTS) is 1. The van der Waals surface area contributed by atoms with Crippen molar-refractivity contribution >= 4 is 5.97 Å². The van der Waals surface area contributed by atoms with Crippen LogP contribution in [0.25, 0.3) is 0 Å². The number of nitrogens with zero attached hydrogens (tertiary/aromatic N) is 1. The van der Waals surface area contributed by atoms with E-state index in [1.807, 2.05) is 6.92 Å². The number of rotatable bonds is 4. The first-order valence-corrected chi connectivity index (χ1v) is 7.21. The second kappa shape index (κ2) is 4.97. The average Bonchev–Trinajstić information content (AvgIpc) is 3.16. The topological polar surface area (TPSA) is 40.5 Å². The van der Waals surface area contributed by atoms with Crippen molar-refractivity contribution in [3.05, 3.63) is 35.4 Å². The summed E-state index contributed by atoms with van der Waals surface area (Å²) in [7, 11) is 0. The van der Waals surface area contributed by atoms with E-state index < -0.39 is 5.97 Å². The lowest BCUT2D eigenvalue weighted by Gasteiger charge is -2.24. The SMILES string of the molecule is CC1C(C(=O)O)CCN1Cc1ccccc1C1CC1. The first kappa shape index (κ1) is 12.7. The molecule has 3 rings (SSSR count). The Morgan fingerprint density at radius 3 is 2.68 bits per heavy atom. The summed E-state index contributed by atoms with van der Waals surface area (Å²) in [5.41, 5.74) is 2.87. The van der Waals surface area contributed by atoms with Crippen LogP contribution in [0, 0.1) is 5.92 Å². The number of likely N-dealkylation sites (tertiary alicyclic amines) is 1. The monoisotopic (exact) mass is 259 g/mol. The van der Waals surface area contributed by atoms with Crippen molar-refractivity contribution in [1.29, 1.82) is 0 Å². The van der Waals surface area contributed by atoms with Gasteiger partial charge in [-0.1, -0.05) is 24.3 Å². The molecule has 2 unspecified atom stereocenters. The van der Waals surface area contributed by atoms with Crippen molar-refractivity contribution in [1.82, 2.24) is 4.90 Å². The number of hydrogen-bond acceptors (Lipinski definition) is 2. The highest BCUT2D eigenvalue weighted by molar-refractivity contribution is 5.71. The number of carbonyl (C=O) groups is 1. The van der Waals surface area contributed by atoms with Crippen LogP contribution >= 0.6 is 0 Å². The van der Waals surface area contributed by atoms with E-state index in [0.29, 0.717) is 0 Å². The first-order valence-electron chi connectivity index (χ1n) is 7.21. The van der Waals surface area contributed by atoms with Gasteiger partial charge >= 0.3 is 5.97 Å². The predicted octanol–water partition coefficient (Wildman–Crippen LogP) is 2.86. The van der Waals surface area contributed by atoms with E-state index in [1.54, 1.807) is 0 Å². The average molecular weight is 259 g/mol. The van der Waals surface area contributed by atoms with E-state index in [-0.39, 0.29) is 12.0 Å². The van der Waals surface area contributed by atoms with Gasteiger partial charge in [0, 0.05) is 12.6 Å². The van der Waals surface area contributed by atoms with Crippen LogP contribution in [-0.4, -0.2) is 28.6 Å². The zero-order chi connectivity index (χ0) is 13.4. The molecule has 3 nitrogen and oxygen atoms in total. The van der Waals surface area contributed by atoms with Gasteiger partial charge in [-0.25, -0.2) is 0 Å². The van der Waals surface area contributed by atoms with Gasteiger partial charge in [0.1, 0.15) is 0 Å². The van der Waals surface area contributed by atoms with Gasteiger partial charge in [0.2, 0.25) is 0 Å². The molecular weight excluding hydrogens is 238 g/mol. The molecule has 0 amide bonds. The van der Waals surface area contributed by atoms with Crippen LogP contribution in [0.2, 0.25) is 0 Å². The maximum absolute atomic E-state index is 11.2. The summed E-state index contributed by atoms with van der Waals surface area (Å²) in [5, 5.41) is 9.19. The first-order chi connectivity index (χ1) is 9.16. The molecule has 3 heteroatoms. The van der Waals surface area contributed by atoms with Gasteiger partial charge in [-0.2, -0.15) is 0 Å². The molecule has 1 aliphatic heterocycles. The summed E-state index contributed by atoms with van der Waals surface area (Å²) in [6.07, 6.45) is 3.40. The van der Waals surface area contributed by atoms with E-state index in [1.165, 1.54) is 24.0 Å². The molecule has 0 radical (unpaired) electrons. The Labute approximate surface area is 114 Å². The standard InChI is InChI=1S/C16H21NO2/c1-11-14(16(18)19)8-9-17(11)10-13-4-2-3-5-15(13)12-6-7-12/h2-5,11-12,14H,6-10H2,1H3,(H,18,19). The molecule has 2 atom stereocenters. The Morgan fingerprint density at radius 2 is 2.05 bits per heavy atom. The molecule has 1 aromatic rings. The van der Waals surface area contributed by atoms with Gasteiger partial charge < -0.3 is 5.11 Å². The summed E-state index contributed by atoms with van der Waals surface area (Å²) < 4.78 is 0. The van der Waals surface area contributed by atoms with Gasteiger partial charge in [0.15, 0.2) is 0 Å². The molecule has 2 aliphatic rings. The maximum atomic E-state index is 11.2. The van der Waals surface area contributed by atoms with Gasteiger partial charge in [-0.05, 0) is 49.8 Å². The predicted molar refractivity (Wildman–Crippen MR) is 74.0 cm³/mol. The molecule has 1 saturated heterocycles. The number of aliphatic carboxylic acids is 1. The van der Waals surface area contributed by atoms with Crippen molar-refractivity contribution in [3.63, 3.8) is 0 Å². The summed E-state index contributed by atoms with van der Waals surface area (Å²) in [6.45, 7) is 3.85. The molecule has 0 bridgehead atoms. The van der Waals surface area contributed by atoms with Gasteiger partial charge in [-0.15, -0.1) is 0 Å². The zero-order valence-corrected chi connectivity index (χ0v) is 11.4. The third kappa shape index (κ3) is 2.52. The fraction of sp³-hybridized carbons (Fsp3) is 0.562. The third-order valence-corrected chi connectivity index (χ3v) is 4.65. The lowest BCUT2D eigenvalue weighted by molar-refractivity contribution is -0.142. The van der Waals surface area contributed by atoms with Crippen molar-refractivity contribution < 1.29 is 9.90 Å². The van der Waals surface area contributed by atoms with E-state index >= 15 is 0 Å². The summed E-state index contributed by atoms with van der Waals surface area (Å²) in [6, 6.07) is 8.79. The van der Waals surface area contributed by atoms with Crippen LogP contribution in [0.5, 0.6) is 0 Å². The van der Waals surface area contributed by atoms with Crippen molar-refractivity contribution in [2.45, 2.75) is 44.7 Å². The minimum Gasteiger partial charge on any atom is -0.481 e. The summed E-state index contributed by atoms with van der Waals surface area (Å²) in [4.78, 5) is 13.5. The summed E-state index contributed by atoms with van der Waals surface area (Å²) >= 11 is 0. The minimum absolute atomic E-state index is 0.143. The fourth-order valence-electron chi connectivity index (χ4n) is 3.25. The highest BCUT2D eigenvalue weighted by Gasteiger charge is 2.36. The quantitative estimate of drug-likeness (QED) is 0.904. The third-order valence-electron chi connectivity index (χ3n) is 4.65. The Morgan fingerprint density at radius 1 is 1.32 bits per heavy atom. The minimum atomic E-state index is -0.648. The highest BCUT2D eigenvalue weighted by atomic mass is 16.4. The Balaban J connectivity index is 1.74.